The number of methoxy groups -OCH3 is 1. The standard InChI is InChI=1S/C25H25N3O3S/c1-16-5-6-19(17(2)11-16)13-27(3)23(29)14-28-15-26-21-12-22(32-24(21)25(28)30)18-7-9-20(31-4)10-8-18/h5-12,15H,13-14H2,1-4H3. The Bertz CT molecular complexity index is 1340. The molecule has 0 spiro atoms. The number of fused-ring (bicyclic) bond motifs is 1. The summed E-state index contributed by atoms with van der Waals surface area (Å²) in [5.41, 5.74) is 4.86. The van der Waals surface area contributed by atoms with E-state index in [-0.39, 0.29) is 18.0 Å². The molecule has 0 unspecified atom stereocenters. The first-order valence-electron chi connectivity index (χ1n) is 10.3. The normalized spacial score (nSPS) is 11.0. The zero-order valence-corrected chi connectivity index (χ0v) is 19.4. The Balaban J connectivity index is 1.54. The van der Waals surface area contributed by atoms with Gasteiger partial charge in [-0.25, -0.2) is 4.98 Å². The van der Waals surface area contributed by atoms with E-state index in [4.69, 9.17) is 4.74 Å². The van der Waals surface area contributed by atoms with Crippen LogP contribution in [0.15, 0.2) is 59.7 Å². The van der Waals surface area contributed by atoms with Gasteiger partial charge in [-0.15, -0.1) is 11.3 Å². The number of aromatic nitrogens is 2. The van der Waals surface area contributed by atoms with Gasteiger partial charge in [0.25, 0.3) is 5.56 Å². The second-order valence-corrected chi connectivity index (χ2v) is 8.96. The highest BCUT2D eigenvalue weighted by atomic mass is 32.1. The first-order chi connectivity index (χ1) is 15.4. The number of aryl methyl sites for hydroxylation is 2. The molecular weight excluding hydrogens is 422 g/mol. The zero-order chi connectivity index (χ0) is 22.8. The Morgan fingerprint density at radius 1 is 1.12 bits per heavy atom. The average molecular weight is 448 g/mol. The predicted octanol–water partition coefficient (Wildman–Crippen LogP) is 4.41. The molecule has 1 amide bonds. The number of likely N-dealkylation sites (N-methyl/N-ethyl adjacent to an activating group) is 1. The summed E-state index contributed by atoms with van der Waals surface area (Å²) < 4.78 is 7.14. The van der Waals surface area contributed by atoms with Gasteiger partial charge >= 0.3 is 0 Å². The molecule has 7 heteroatoms. The number of nitrogens with zero attached hydrogens (tertiary/aromatic N) is 3. The third-order valence-corrected chi connectivity index (χ3v) is 6.68. The molecule has 2 heterocycles. The fourth-order valence-electron chi connectivity index (χ4n) is 3.59. The molecule has 32 heavy (non-hydrogen) atoms. The Labute approximate surface area is 190 Å². The summed E-state index contributed by atoms with van der Waals surface area (Å²) in [6.07, 6.45) is 1.46. The monoisotopic (exact) mass is 447 g/mol. The van der Waals surface area contributed by atoms with Crippen molar-refractivity contribution < 1.29 is 9.53 Å². The van der Waals surface area contributed by atoms with E-state index in [2.05, 4.69) is 11.1 Å². The van der Waals surface area contributed by atoms with Gasteiger partial charge in [0.2, 0.25) is 5.91 Å². The lowest BCUT2D eigenvalue weighted by atomic mass is 10.1. The zero-order valence-electron chi connectivity index (χ0n) is 18.6. The highest BCUT2D eigenvalue weighted by molar-refractivity contribution is 7.22. The van der Waals surface area contributed by atoms with Gasteiger partial charge in [0, 0.05) is 18.5 Å². The fourth-order valence-corrected chi connectivity index (χ4v) is 4.65. The summed E-state index contributed by atoms with van der Waals surface area (Å²) >= 11 is 1.38. The highest BCUT2D eigenvalue weighted by Crippen LogP contribution is 2.31. The van der Waals surface area contributed by atoms with Crippen molar-refractivity contribution in [3.8, 4) is 16.2 Å². The Morgan fingerprint density at radius 2 is 1.88 bits per heavy atom. The molecule has 6 nitrogen and oxygen atoms in total. The van der Waals surface area contributed by atoms with E-state index < -0.39 is 0 Å². The van der Waals surface area contributed by atoms with Crippen molar-refractivity contribution in [3.05, 3.63) is 81.9 Å². The molecule has 0 saturated carbocycles. The number of carbonyl (C=O) groups is 1. The van der Waals surface area contributed by atoms with Crippen LogP contribution in [0.5, 0.6) is 5.75 Å². The van der Waals surface area contributed by atoms with Crippen LogP contribution in [0.3, 0.4) is 0 Å². The number of ether oxygens (including phenoxy) is 1. The van der Waals surface area contributed by atoms with Gasteiger partial charge in [-0.1, -0.05) is 23.8 Å². The summed E-state index contributed by atoms with van der Waals surface area (Å²) in [5, 5.41) is 0. The van der Waals surface area contributed by atoms with Crippen molar-refractivity contribution in [2.24, 2.45) is 0 Å². The van der Waals surface area contributed by atoms with Crippen LogP contribution in [0, 0.1) is 13.8 Å². The summed E-state index contributed by atoms with van der Waals surface area (Å²) in [6, 6.07) is 15.8. The number of rotatable bonds is 6. The van der Waals surface area contributed by atoms with Gasteiger partial charge in [-0.3, -0.25) is 14.2 Å². The molecule has 2 aromatic carbocycles. The molecule has 0 radical (unpaired) electrons. The van der Waals surface area contributed by atoms with Gasteiger partial charge < -0.3 is 9.64 Å². The minimum Gasteiger partial charge on any atom is -0.497 e. The van der Waals surface area contributed by atoms with Gasteiger partial charge in [0.05, 0.1) is 19.0 Å². The third kappa shape index (κ3) is 4.43. The SMILES string of the molecule is COc1ccc(-c2cc3ncn(CC(=O)N(C)Cc4ccc(C)cc4C)c(=O)c3s2)cc1. The van der Waals surface area contributed by atoms with Crippen molar-refractivity contribution in [2.45, 2.75) is 26.9 Å². The second kappa shape index (κ2) is 8.96. The van der Waals surface area contributed by atoms with E-state index in [1.54, 1.807) is 19.1 Å². The van der Waals surface area contributed by atoms with E-state index in [0.29, 0.717) is 16.8 Å². The van der Waals surface area contributed by atoms with Crippen molar-refractivity contribution in [2.75, 3.05) is 14.2 Å². The number of hydrogen-bond acceptors (Lipinski definition) is 5. The Hall–Kier alpha value is -3.45. The van der Waals surface area contributed by atoms with Crippen LogP contribution < -0.4 is 10.3 Å². The fraction of sp³-hybridized carbons (Fsp3) is 0.240. The molecular formula is C25H25N3O3S. The molecule has 2 aromatic heterocycles. The largest absolute Gasteiger partial charge is 0.497 e. The maximum Gasteiger partial charge on any atom is 0.271 e. The number of thiophene rings is 1. The predicted molar refractivity (Wildman–Crippen MR) is 128 cm³/mol. The topological polar surface area (TPSA) is 64.4 Å². The van der Waals surface area contributed by atoms with Crippen LogP contribution in [0.2, 0.25) is 0 Å². The quantitative estimate of drug-likeness (QED) is 0.439. The van der Waals surface area contributed by atoms with Gasteiger partial charge in [-0.05, 0) is 60.9 Å². The first-order valence-corrected chi connectivity index (χ1v) is 11.1. The van der Waals surface area contributed by atoms with Crippen molar-refractivity contribution in [1.29, 1.82) is 0 Å². The van der Waals surface area contributed by atoms with Gasteiger partial charge in [0.15, 0.2) is 0 Å². The second-order valence-electron chi connectivity index (χ2n) is 7.91. The lowest BCUT2D eigenvalue weighted by Gasteiger charge is -2.19. The smallest absolute Gasteiger partial charge is 0.271 e. The minimum absolute atomic E-state index is 0.0427. The third-order valence-electron chi connectivity index (χ3n) is 5.52. The van der Waals surface area contributed by atoms with Crippen LogP contribution in [-0.4, -0.2) is 34.5 Å². The molecule has 0 aliphatic heterocycles. The molecule has 0 atom stereocenters. The molecule has 164 valence electrons. The van der Waals surface area contributed by atoms with Crippen molar-refractivity contribution >= 4 is 27.5 Å². The minimum atomic E-state index is -0.201. The van der Waals surface area contributed by atoms with E-state index in [1.165, 1.54) is 27.8 Å². The molecule has 0 saturated heterocycles. The summed E-state index contributed by atoms with van der Waals surface area (Å²) in [7, 11) is 3.38. The van der Waals surface area contributed by atoms with Crippen LogP contribution in [0.4, 0.5) is 0 Å². The summed E-state index contributed by atoms with van der Waals surface area (Å²) in [4.78, 5) is 32.8. The van der Waals surface area contributed by atoms with Gasteiger partial charge in [-0.2, -0.15) is 0 Å². The van der Waals surface area contributed by atoms with Gasteiger partial charge in [0.1, 0.15) is 17.0 Å². The number of benzene rings is 2. The molecule has 0 aliphatic rings. The van der Waals surface area contributed by atoms with E-state index in [0.717, 1.165) is 27.3 Å². The number of hydrogen-bond donors (Lipinski definition) is 0. The van der Waals surface area contributed by atoms with Crippen molar-refractivity contribution in [3.63, 3.8) is 0 Å². The summed E-state index contributed by atoms with van der Waals surface area (Å²) in [6.45, 7) is 4.54. The molecule has 0 fully saturated rings. The molecule has 4 rings (SSSR count). The van der Waals surface area contributed by atoms with E-state index in [1.807, 2.05) is 56.3 Å². The molecule has 0 aliphatic carbocycles. The van der Waals surface area contributed by atoms with Crippen LogP contribution in [-0.2, 0) is 17.9 Å². The maximum atomic E-state index is 13.0. The van der Waals surface area contributed by atoms with Crippen molar-refractivity contribution in [1.82, 2.24) is 14.5 Å². The average Bonchev–Trinajstić information content (AvgIpc) is 3.23. The van der Waals surface area contributed by atoms with Crippen LogP contribution in [0.25, 0.3) is 20.7 Å². The Morgan fingerprint density at radius 3 is 2.56 bits per heavy atom. The lowest BCUT2D eigenvalue weighted by molar-refractivity contribution is -0.131. The molecule has 4 aromatic rings. The molecule has 0 N–H and O–H groups in total. The van der Waals surface area contributed by atoms with Crippen LogP contribution in [0.1, 0.15) is 16.7 Å². The van der Waals surface area contributed by atoms with Crippen LogP contribution >= 0.6 is 11.3 Å². The number of carbonyl (C=O) groups excluding carboxylic acids is 1. The summed E-state index contributed by atoms with van der Waals surface area (Å²) in [5.74, 6) is 0.638. The van der Waals surface area contributed by atoms with E-state index in [9.17, 15) is 9.59 Å². The molecule has 0 bridgehead atoms. The highest BCUT2D eigenvalue weighted by Gasteiger charge is 2.15. The lowest BCUT2D eigenvalue weighted by Crippen LogP contribution is -2.33. The number of amides is 1. The maximum absolute atomic E-state index is 13.0. The van der Waals surface area contributed by atoms with E-state index >= 15 is 0 Å². The Kier molecular flexibility index (Phi) is 6.10. The first kappa shape index (κ1) is 21.8.